The molecule has 0 aliphatic heterocycles. The Kier molecular flexibility index (Phi) is 4.46. The second kappa shape index (κ2) is 5.85. The second-order valence-electron chi connectivity index (χ2n) is 3.65. The molecule has 0 radical (unpaired) electrons. The van der Waals surface area contributed by atoms with Crippen molar-refractivity contribution in [2.24, 2.45) is 0 Å². The summed E-state index contributed by atoms with van der Waals surface area (Å²) in [5.74, 6) is -1.10. The number of carboxylic acids is 1. The second-order valence-corrected chi connectivity index (χ2v) is 3.65. The van der Waals surface area contributed by atoms with Crippen molar-refractivity contribution in [2.75, 3.05) is 14.1 Å². The van der Waals surface area contributed by atoms with Crippen LogP contribution in [0.4, 0.5) is 4.79 Å². The van der Waals surface area contributed by atoms with Crippen LogP contribution in [-0.4, -0.2) is 52.2 Å². The lowest BCUT2D eigenvalue weighted by Crippen LogP contribution is -2.50. The number of imidazole rings is 1. The van der Waals surface area contributed by atoms with Crippen LogP contribution >= 0.6 is 0 Å². The fraction of sp³-hybridized carbons (Fsp3) is 0.444. The van der Waals surface area contributed by atoms with E-state index in [1.807, 2.05) is 0 Å². The molecule has 0 aromatic carbocycles. The number of aromatic nitrogens is 2. The van der Waals surface area contributed by atoms with Crippen molar-refractivity contribution >= 4 is 12.0 Å². The molecule has 1 aromatic rings. The molecule has 94 valence electrons. The number of aromatic amines is 1. The number of carboxylic acid groups (broad SMARTS) is 1. The van der Waals surface area contributed by atoms with E-state index in [-0.39, 0.29) is 6.42 Å². The number of carbonyl (C=O) groups is 2. The van der Waals surface area contributed by atoms with E-state index in [1.165, 1.54) is 17.5 Å². The minimum absolute atomic E-state index is 0.149. The summed E-state index contributed by atoms with van der Waals surface area (Å²) in [6.45, 7) is 0. The Morgan fingerprint density at radius 1 is 1.59 bits per heavy atom. The van der Waals surface area contributed by atoms with Crippen LogP contribution in [0.5, 0.6) is 0 Å². The van der Waals surface area contributed by atoms with Crippen LogP contribution in [-0.2, 0) is 11.2 Å². The molecule has 0 fully saturated rings. The molecule has 1 atom stereocenters. The Balaban J connectivity index is 2.55. The van der Waals surface area contributed by atoms with E-state index in [4.69, 9.17) is 5.11 Å². The first-order valence-electron chi connectivity index (χ1n) is 4.93. The summed E-state index contributed by atoms with van der Waals surface area (Å²) >= 11 is 0. The van der Waals surface area contributed by atoms with Gasteiger partial charge in [-0.05, 0) is 0 Å². The third-order valence-corrected chi connectivity index (χ3v) is 1.91. The van der Waals surface area contributed by atoms with Crippen molar-refractivity contribution in [2.45, 2.75) is 12.5 Å². The minimum Gasteiger partial charge on any atom is -0.480 e. The summed E-state index contributed by atoms with van der Waals surface area (Å²) in [6.07, 6.45) is 3.12. The van der Waals surface area contributed by atoms with E-state index < -0.39 is 18.0 Å². The van der Waals surface area contributed by atoms with Crippen LogP contribution in [0.2, 0.25) is 0 Å². The van der Waals surface area contributed by atoms with Crippen molar-refractivity contribution in [3.05, 3.63) is 18.2 Å². The van der Waals surface area contributed by atoms with Gasteiger partial charge in [-0.3, -0.25) is 5.43 Å². The van der Waals surface area contributed by atoms with Gasteiger partial charge < -0.3 is 15.4 Å². The molecule has 0 aliphatic carbocycles. The highest BCUT2D eigenvalue weighted by atomic mass is 16.4. The third kappa shape index (κ3) is 4.51. The van der Waals surface area contributed by atoms with Gasteiger partial charge in [0.15, 0.2) is 0 Å². The monoisotopic (exact) mass is 241 g/mol. The number of nitrogens with zero attached hydrogens (tertiary/aromatic N) is 2. The van der Waals surface area contributed by atoms with E-state index in [9.17, 15) is 9.59 Å². The lowest BCUT2D eigenvalue weighted by Gasteiger charge is -2.17. The molecular formula is C9H15N5O3. The molecule has 4 N–H and O–H groups in total. The molecule has 17 heavy (non-hydrogen) atoms. The number of hydrazine groups is 1. The first-order chi connectivity index (χ1) is 7.99. The average molecular weight is 241 g/mol. The zero-order valence-electron chi connectivity index (χ0n) is 9.60. The molecule has 0 bridgehead atoms. The van der Waals surface area contributed by atoms with E-state index in [0.717, 1.165) is 0 Å². The smallest absolute Gasteiger partial charge is 0.330 e. The molecule has 0 saturated carbocycles. The normalized spacial score (nSPS) is 12.2. The van der Waals surface area contributed by atoms with E-state index in [2.05, 4.69) is 20.7 Å². The van der Waals surface area contributed by atoms with Crippen LogP contribution in [0.1, 0.15) is 5.69 Å². The van der Waals surface area contributed by atoms with Crippen LogP contribution < -0.4 is 10.7 Å². The van der Waals surface area contributed by atoms with Gasteiger partial charge in [0.1, 0.15) is 6.04 Å². The summed E-state index contributed by atoms with van der Waals surface area (Å²) in [7, 11) is 3.26. The maximum Gasteiger partial charge on any atom is 0.330 e. The van der Waals surface area contributed by atoms with Crippen molar-refractivity contribution in [3.8, 4) is 0 Å². The number of aliphatic carboxylic acids is 1. The largest absolute Gasteiger partial charge is 0.480 e. The van der Waals surface area contributed by atoms with E-state index in [1.54, 1.807) is 14.1 Å². The van der Waals surface area contributed by atoms with Gasteiger partial charge in [0.05, 0.1) is 6.33 Å². The lowest BCUT2D eigenvalue weighted by molar-refractivity contribution is -0.139. The number of rotatable bonds is 5. The van der Waals surface area contributed by atoms with Gasteiger partial charge in [0.25, 0.3) is 0 Å². The van der Waals surface area contributed by atoms with Gasteiger partial charge in [-0.2, -0.15) is 0 Å². The van der Waals surface area contributed by atoms with Crippen LogP contribution in [0.15, 0.2) is 12.5 Å². The molecule has 0 spiro atoms. The number of hydrogen-bond acceptors (Lipinski definition) is 4. The van der Waals surface area contributed by atoms with Gasteiger partial charge in [-0.25, -0.2) is 19.6 Å². The van der Waals surface area contributed by atoms with Crippen molar-refractivity contribution in [1.29, 1.82) is 0 Å². The highest BCUT2D eigenvalue weighted by Crippen LogP contribution is 1.98. The Hall–Kier alpha value is -2.09. The number of hydrogen-bond donors (Lipinski definition) is 4. The van der Waals surface area contributed by atoms with Gasteiger partial charge in [0.2, 0.25) is 0 Å². The Morgan fingerprint density at radius 2 is 2.29 bits per heavy atom. The first-order valence-corrected chi connectivity index (χ1v) is 4.93. The van der Waals surface area contributed by atoms with Crippen molar-refractivity contribution in [1.82, 2.24) is 25.7 Å². The average Bonchev–Trinajstić information content (AvgIpc) is 2.67. The first kappa shape index (κ1) is 13.0. The highest BCUT2D eigenvalue weighted by molar-refractivity contribution is 5.82. The summed E-state index contributed by atoms with van der Waals surface area (Å²) in [5, 5.41) is 12.7. The molecule has 1 rings (SSSR count). The number of urea groups is 1. The molecule has 1 unspecified atom stereocenters. The zero-order chi connectivity index (χ0) is 12.8. The standard InChI is InChI=1S/C9H15N5O3/c1-14(2)13-9(17)12-7(8(15)16)3-6-4-10-5-11-6/h4-5,7H,3H2,1-2H3,(H,10,11)(H,15,16)(H2,12,13,17). The van der Waals surface area contributed by atoms with Gasteiger partial charge in [-0.15, -0.1) is 0 Å². The summed E-state index contributed by atoms with van der Waals surface area (Å²) in [5.41, 5.74) is 3.04. The van der Waals surface area contributed by atoms with E-state index in [0.29, 0.717) is 5.69 Å². The SMILES string of the molecule is CN(C)NC(=O)NC(Cc1cnc[nH]1)C(=O)O. The molecule has 0 saturated heterocycles. The maximum atomic E-state index is 11.3. The number of amides is 2. The van der Waals surface area contributed by atoms with E-state index >= 15 is 0 Å². The number of carbonyl (C=O) groups excluding carboxylic acids is 1. The Morgan fingerprint density at radius 3 is 2.76 bits per heavy atom. The third-order valence-electron chi connectivity index (χ3n) is 1.91. The zero-order valence-corrected chi connectivity index (χ0v) is 9.60. The molecule has 0 aliphatic rings. The van der Waals surface area contributed by atoms with Crippen LogP contribution in [0.25, 0.3) is 0 Å². The van der Waals surface area contributed by atoms with Gasteiger partial charge in [0, 0.05) is 32.4 Å². The molecule has 8 nitrogen and oxygen atoms in total. The predicted octanol–water partition coefficient (Wildman–Crippen LogP) is -0.819. The summed E-state index contributed by atoms with van der Waals surface area (Å²) in [6, 6.07) is -1.57. The Labute approximate surface area is 98.0 Å². The van der Waals surface area contributed by atoms with Crippen LogP contribution in [0, 0.1) is 0 Å². The molecule has 2 amide bonds. The summed E-state index contributed by atoms with van der Waals surface area (Å²) < 4.78 is 0. The molecular weight excluding hydrogens is 226 g/mol. The fourth-order valence-electron chi connectivity index (χ4n) is 1.21. The fourth-order valence-corrected chi connectivity index (χ4v) is 1.21. The van der Waals surface area contributed by atoms with Crippen molar-refractivity contribution in [3.63, 3.8) is 0 Å². The number of H-pyrrole nitrogens is 1. The minimum atomic E-state index is -1.10. The predicted molar refractivity (Wildman–Crippen MR) is 59.1 cm³/mol. The number of nitrogens with one attached hydrogen (secondary N) is 3. The Bertz CT molecular complexity index is 376. The van der Waals surface area contributed by atoms with Crippen LogP contribution in [0.3, 0.4) is 0 Å². The maximum absolute atomic E-state index is 11.3. The topological polar surface area (TPSA) is 110 Å². The quantitative estimate of drug-likeness (QED) is 0.503. The molecule has 1 aromatic heterocycles. The summed E-state index contributed by atoms with van der Waals surface area (Å²) in [4.78, 5) is 28.9. The lowest BCUT2D eigenvalue weighted by atomic mass is 10.2. The highest BCUT2D eigenvalue weighted by Gasteiger charge is 2.21. The molecule has 8 heteroatoms. The van der Waals surface area contributed by atoms with Crippen molar-refractivity contribution < 1.29 is 14.7 Å². The van der Waals surface area contributed by atoms with Gasteiger partial charge >= 0.3 is 12.0 Å². The molecule has 1 heterocycles. The van der Waals surface area contributed by atoms with Gasteiger partial charge in [-0.1, -0.05) is 0 Å².